The lowest BCUT2D eigenvalue weighted by atomic mass is 9.87. The van der Waals surface area contributed by atoms with Gasteiger partial charge in [0.2, 0.25) is 5.91 Å². The molecule has 3 aromatic rings. The highest BCUT2D eigenvalue weighted by Crippen LogP contribution is 2.36. The zero-order valence-electron chi connectivity index (χ0n) is 14.0. The number of hydrogen-bond acceptors (Lipinski definition) is 4. The Kier molecular flexibility index (Phi) is 4.14. The topological polar surface area (TPSA) is 59.2 Å². The molecule has 2 aromatic heterocycles. The number of amides is 1. The van der Waals surface area contributed by atoms with Gasteiger partial charge in [0.15, 0.2) is 5.58 Å². The molecule has 0 spiro atoms. The Morgan fingerprint density at radius 3 is 2.81 bits per heavy atom. The number of rotatable bonds is 3. The van der Waals surface area contributed by atoms with Gasteiger partial charge < -0.3 is 9.42 Å². The number of carbonyl (C=O) groups excluding carboxylic acids is 1. The van der Waals surface area contributed by atoms with Gasteiger partial charge in [0.25, 0.3) is 0 Å². The summed E-state index contributed by atoms with van der Waals surface area (Å²) in [5, 5.41) is 4.37. The van der Waals surface area contributed by atoms with Gasteiger partial charge in [-0.05, 0) is 24.3 Å². The number of alkyl halides is 1. The molecule has 0 atom stereocenters. The number of benzene rings is 1. The smallest absolute Gasteiger partial charge is 0.228 e. The molecule has 0 bridgehead atoms. The molecule has 1 aliphatic rings. The van der Waals surface area contributed by atoms with E-state index in [0.717, 1.165) is 0 Å². The number of piperidine rings is 1. The normalized spacial score (nSPS) is 16.8. The van der Waals surface area contributed by atoms with Crippen molar-refractivity contribution in [3.63, 3.8) is 0 Å². The number of pyridine rings is 1. The van der Waals surface area contributed by atoms with E-state index >= 15 is 4.39 Å². The Morgan fingerprint density at radius 1 is 1.27 bits per heavy atom. The van der Waals surface area contributed by atoms with Crippen LogP contribution in [0.25, 0.3) is 11.0 Å². The molecular formula is C19H17F2N3O2. The molecule has 0 unspecified atom stereocenters. The number of nitrogens with zero attached hydrogens (tertiary/aromatic N) is 3. The molecule has 5 nitrogen and oxygen atoms in total. The number of fused-ring (bicyclic) bond motifs is 1. The van der Waals surface area contributed by atoms with Crippen LogP contribution in [-0.2, 0) is 16.9 Å². The molecule has 26 heavy (non-hydrogen) atoms. The van der Waals surface area contributed by atoms with Crippen LogP contribution >= 0.6 is 0 Å². The van der Waals surface area contributed by atoms with E-state index in [2.05, 4.69) is 10.1 Å². The molecule has 134 valence electrons. The van der Waals surface area contributed by atoms with Crippen molar-refractivity contribution in [1.29, 1.82) is 0 Å². The van der Waals surface area contributed by atoms with Crippen LogP contribution in [-0.4, -0.2) is 34.0 Å². The second-order valence-corrected chi connectivity index (χ2v) is 6.53. The third-order valence-electron chi connectivity index (χ3n) is 4.91. The van der Waals surface area contributed by atoms with Crippen molar-refractivity contribution in [2.75, 3.05) is 13.1 Å². The lowest BCUT2D eigenvalue weighted by Crippen LogP contribution is -2.44. The fourth-order valence-corrected chi connectivity index (χ4v) is 3.37. The zero-order chi connectivity index (χ0) is 18.1. The van der Waals surface area contributed by atoms with E-state index in [1.807, 2.05) is 0 Å². The molecule has 3 heterocycles. The van der Waals surface area contributed by atoms with Crippen LogP contribution in [0.15, 0.2) is 47.2 Å². The number of hydrogen-bond donors (Lipinski definition) is 0. The first-order valence-corrected chi connectivity index (χ1v) is 8.46. The van der Waals surface area contributed by atoms with Gasteiger partial charge in [-0.25, -0.2) is 8.78 Å². The van der Waals surface area contributed by atoms with Crippen LogP contribution in [0.5, 0.6) is 0 Å². The third-order valence-corrected chi connectivity index (χ3v) is 4.91. The van der Waals surface area contributed by atoms with Crippen molar-refractivity contribution in [3.8, 4) is 0 Å². The molecule has 0 aliphatic carbocycles. The molecule has 7 heteroatoms. The maximum atomic E-state index is 15.1. The minimum atomic E-state index is -1.46. The van der Waals surface area contributed by atoms with Crippen molar-refractivity contribution < 1.29 is 18.1 Å². The molecule has 0 saturated carbocycles. The first-order chi connectivity index (χ1) is 12.5. The number of halogens is 2. The van der Waals surface area contributed by atoms with Crippen LogP contribution in [0.2, 0.25) is 0 Å². The second-order valence-electron chi connectivity index (χ2n) is 6.53. The van der Waals surface area contributed by atoms with Gasteiger partial charge in [-0.3, -0.25) is 9.78 Å². The Bertz CT molecular complexity index is 934. The molecule has 0 radical (unpaired) electrons. The molecule has 4 rings (SSSR count). The van der Waals surface area contributed by atoms with E-state index < -0.39 is 11.5 Å². The predicted molar refractivity (Wildman–Crippen MR) is 90.5 cm³/mol. The van der Waals surface area contributed by atoms with Crippen LogP contribution < -0.4 is 0 Å². The maximum Gasteiger partial charge on any atom is 0.228 e. The minimum absolute atomic E-state index is 0.00261. The summed E-state index contributed by atoms with van der Waals surface area (Å²) >= 11 is 0. The van der Waals surface area contributed by atoms with Crippen molar-refractivity contribution >= 4 is 16.9 Å². The van der Waals surface area contributed by atoms with E-state index in [0.29, 0.717) is 35.3 Å². The van der Waals surface area contributed by atoms with E-state index in [9.17, 15) is 9.18 Å². The number of carbonyl (C=O) groups is 1. The standard InChI is InChI=1S/C19H17F2N3O2/c20-14-3-4-17-15(10-14)16(23-26-17)11-18(25)24-8-5-19(21,6-9-24)13-2-1-7-22-12-13/h1-4,7,10,12H,5-6,8-9,11H2. The van der Waals surface area contributed by atoms with Crippen molar-refractivity contribution in [3.05, 3.63) is 59.8 Å². The molecule has 1 saturated heterocycles. The number of aromatic nitrogens is 2. The molecule has 1 fully saturated rings. The summed E-state index contributed by atoms with van der Waals surface area (Å²) in [4.78, 5) is 18.2. The second kappa shape index (κ2) is 6.48. The van der Waals surface area contributed by atoms with Crippen molar-refractivity contribution in [2.45, 2.75) is 24.9 Å². The van der Waals surface area contributed by atoms with Crippen LogP contribution in [0, 0.1) is 5.82 Å². The fraction of sp³-hybridized carbons (Fsp3) is 0.316. The van der Waals surface area contributed by atoms with Gasteiger partial charge in [-0.15, -0.1) is 0 Å². The van der Waals surface area contributed by atoms with Crippen LogP contribution in [0.1, 0.15) is 24.1 Å². The predicted octanol–water partition coefficient (Wildman–Crippen LogP) is 3.39. The Hall–Kier alpha value is -2.83. The summed E-state index contributed by atoms with van der Waals surface area (Å²) in [6, 6.07) is 7.50. The zero-order valence-corrected chi connectivity index (χ0v) is 14.0. The third kappa shape index (κ3) is 3.05. The van der Waals surface area contributed by atoms with E-state index in [-0.39, 0.29) is 25.2 Å². The highest BCUT2D eigenvalue weighted by molar-refractivity contribution is 5.86. The molecular weight excluding hydrogens is 340 g/mol. The molecule has 1 amide bonds. The van der Waals surface area contributed by atoms with Gasteiger partial charge in [0.05, 0.1) is 6.42 Å². The summed E-state index contributed by atoms with van der Waals surface area (Å²) in [6.07, 6.45) is 3.59. The average molecular weight is 357 g/mol. The lowest BCUT2D eigenvalue weighted by Gasteiger charge is -2.36. The molecule has 0 N–H and O–H groups in total. The summed E-state index contributed by atoms with van der Waals surface area (Å²) in [7, 11) is 0. The summed E-state index contributed by atoms with van der Waals surface area (Å²) < 4.78 is 33.7. The Balaban J connectivity index is 1.44. The van der Waals surface area contributed by atoms with Gasteiger partial charge in [0.1, 0.15) is 17.2 Å². The Labute approximate surface area is 148 Å². The fourth-order valence-electron chi connectivity index (χ4n) is 3.37. The van der Waals surface area contributed by atoms with Gasteiger partial charge in [0, 0.05) is 49.3 Å². The van der Waals surface area contributed by atoms with Crippen molar-refractivity contribution in [2.24, 2.45) is 0 Å². The summed E-state index contributed by atoms with van der Waals surface area (Å²) in [6.45, 7) is 0.628. The lowest BCUT2D eigenvalue weighted by molar-refractivity contribution is -0.133. The molecule has 1 aliphatic heterocycles. The van der Waals surface area contributed by atoms with Gasteiger partial charge in [-0.1, -0.05) is 11.2 Å². The van der Waals surface area contributed by atoms with E-state index in [1.54, 1.807) is 23.2 Å². The summed E-state index contributed by atoms with van der Waals surface area (Å²) in [5.74, 6) is -0.580. The highest BCUT2D eigenvalue weighted by atomic mass is 19.1. The highest BCUT2D eigenvalue weighted by Gasteiger charge is 2.37. The SMILES string of the molecule is O=C(Cc1noc2ccc(F)cc12)N1CCC(F)(c2cccnc2)CC1. The van der Waals surface area contributed by atoms with Crippen molar-refractivity contribution in [1.82, 2.24) is 15.0 Å². The first kappa shape index (κ1) is 16.6. The van der Waals surface area contributed by atoms with Gasteiger partial charge >= 0.3 is 0 Å². The first-order valence-electron chi connectivity index (χ1n) is 8.46. The monoisotopic (exact) mass is 357 g/mol. The number of likely N-dealkylation sites (tertiary alicyclic amines) is 1. The van der Waals surface area contributed by atoms with E-state index in [1.165, 1.54) is 24.4 Å². The minimum Gasteiger partial charge on any atom is -0.356 e. The quantitative estimate of drug-likeness (QED) is 0.721. The van der Waals surface area contributed by atoms with Crippen LogP contribution in [0.4, 0.5) is 8.78 Å². The largest absolute Gasteiger partial charge is 0.356 e. The van der Waals surface area contributed by atoms with Gasteiger partial charge in [-0.2, -0.15) is 0 Å². The van der Waals surface area contributed by atoms with E-state index in [4.69, 9.17) is 4.52 Å². The molecule has 1 aromatic carbocycles. The van der Waals surface area contributed by atoms with Crippen LogP contribution in [0.3, 0.4) is 0 Å². The maximum absolute atomic E-state index is 15.1. The Morgan fingerprint density at radius 2 is 2.08 bits per heavy atom. The summed E-state index contributed by atoms with van der Waals surface area (Å²) in [5.41, 5.74) is -0.0829. The average Bonchev–Trinajstić information content (AvgIpc) is 3.05.